The van der Waals surface area contributed by atoms with Crippen LogP contribution in [0.5, 0.6) is 0 Å². The number of carbonyl (C=O) groups excluding carboxylic acids is 1. The number of pyridine rings is 1. The third-order valence-corrected chi connectivity index (χ3v) is 11.0. The van der Waals surface area contributed by atoms with E-state index in [1.807, 2.05) is 51.9 Å². The standard InChI is InChI=1S/C29H36FN7O2S2/c1-6-27(5,17-31)24-34-33-23(40-24)22-32-13-21-20(11-19(15-37(21)22)41-35-28(16-30)7-8-28)29-9-10-36(14-18(29)12-29)25(38)39-26(2,3)4/h11,13,15,18,35H,6-10,12,14,16H2,1-5H3. The predicted molar refractivity (Wildman–Crippen MR) is 156 cm³/mol. The number of nitrogens with one attached hydrogen (secondary N) is 1. The fourth-order valence-electron chi connectivity index (χ4n) is 5.65. The topological polar surface area (TPSA) is 108 Å². The smallest absolute Gasteiger partial charge is 0.410 e. The first-order chi connectivity index (χ1) is 19.4. The number of nitrogens with zero attached hydrogens (tertiary/aromatic N) is 6. The molecule has 0 aromatic carbocycles. The maximum atomic E-state index is 13.7. The van der Waals surface area contributed by atoms with Crippen LogP contribution in [-0.4, -0.2) is 61.5 Å². The van der Waals surface area contributed by atoms with Crippen molar-refractivity contribution in [2.75, 3.05) is 19.8 Å². The van der Waals surface area contributed by atoms with E-state index in [-0.39, 0.29) is 18.2 Å². The van der Waals surface area contributed by atoms with Gasteiger partial charge in [0.2, 0.25) is 0 Å². The second-order valence-corrected chi connectivity index (χ2v) is 14.8. The van der Waals surface area contributed by atoms with Crippen LogP contribution >= 0.6 is 23.3 Å². The van der Waals surface area contributed by atoms with Crippen LogP contribution in [0.15, 0.2) is 23.4 Å². The number of alkyl halides is 1. The molecule has 2 saturated carbocycles. The van der Waals surface area contributed by atoms with Gasteiger partial charge in [-0.25, -0.2) is 14.2 Å². The molecule has 0 bridgehead atoms. The molecule has 1 saturated heterocycles. The summed E-state index contributed by atoms with van der Waals surface area (Å²) in [7, 11) is 0. The van der Waals surface area contributed by atoms with Crippen molar-refractivity contribution in [3.05, 3.63) is 29.0 Å². The van der Waals surface area contributed by atoms with Gasteiger partial charge in [0.25, 0.3) is 0 Å². The summed E-state index contributed by atoms with van der Waals surface area (Å²) >= 11 is 2.86. The number of rotatable bonds is 8. The molecule has 3 aromatic rings. The second kappa shape index (κ2) is 9.92. The summed E-state index contributed by atoms with van der Waals surface area (Å²) in [5.41, 5.74) is 0.470. The normalized spacial score (nSPS) is 24.4. The first-order valence-electron chi connectivity index (χ1n) is 14.2. The number of aromatic nitrogens is 4. The summed E-state index contributed by atoms with van der Waals surface area (Å²) in [6, 6.07) is 4.59. The van der Waals surface area contributed by atoms with Gasteiger partial charge in [-0.2, -0.15) is 5.26 Å². The molecule has 218 valence electrons. The summed E-state index contributed by atoms with van der Waals surface area (Å²) in [6.45, 7) is 10.4. The number of carbonyl (C=O) groups is 1. The number of piperidine rings is 1. The summed E-state index contributed by atoms with van der Waals surface area (Å²) in [5.74, 6) is 1.00. The van der Waals surface area contributed by atoms with Crippen molar-refractivity contribution in [1.82, 2.24) is 29.2 Å². The van der Waals surface area contributed by atoms with Crippen molar-refractivity contribution in [2.24, 2.45) is 5.92 Å². The number of imidazole rings is 1. The average Bonchev–Trinajstić information content (AvgIpc) is 3.78. The van der Waals surface area contributed by atoms with E-state index in [1.54, 1.807) is 0 Å². The molecule has 1 N–H and O–H groups in total. The monoisotopic (exact) mass is 597 g/mol. The maximum Gasteiger partial charge on any atom is 0.410 e. The number of hydrogen-bond donors (Lipinski definition) is 1. The summed E-state index contributed by atoms with van der Waals surface area (Å²) in [6.07, 6.45) is 7.78. The van der Waals surface area contributed by atoms with Gasteiger partial charge in [0.15, 0.2) is 10.8 Å². The fourth-order valence-corrected chi connectivity index (χ4v) is 7.59. The Kier molecular flexibility index (Phi) is 6.86. The van der Waals surface area contributed by atoms with Gasteiger partial charge < -0.3 is 9.64 Å². The predicted octanol–water partition coefficient (Wildman–Crippen LogP) is 6.04. The van der Waals surface area contributed by atoms with Gasteiger partial charge in [0.05, 0.1) is 23.3 Å². The Bertz CT molecular complexity index is 1540. The summed E-state index contributed by atoms with van der Waals surface area (Å²) < 4.78 is 24.7. The Morgan fingerprint density at radius 3 is 2.73 bits per heavy atom. The van der Waals surface area contributed by atoms with Crippen molar-refractivity contribution >= 4 is 34.9 Å². The minimum atomic E-state index is -0.702. The van der Waals surface area contributed by atoms with E-state index in [9.17, 15) is 14.4 Å². The van der Waals surface area contributed by atoms with E-state index in [0.717, 1.165) is 36.1 Å². The highest BCUT2D eigenvalue weighted by molar-refractivity contribution is 7.97. The van der Waals surface area contributed by atoms with Crippen LogP contribution in [0.2, 0.25) is 0 Å². The van der Waals surface area contributed by atoms with Crippen molar-refractivity contribution in [1.29, 1.82) is 5.26 Å². The molecule has 0 spiro atoms. The molecule has 4 heterocycles. The zero-order chi connectivity index (χ0) is 29.2. The van der Waals surface area contributed by atoms with Crippen LogP contribution in [0.4, 0.5) is 9.18 Å². The van der Waals surface area contributed by atoms with Crippen LogP contribution in [0.3, 0.4) is 0 Å². The first kappa shape index (κ1) is 28.4. The molecular formula is C29H36FN7O2S2. The lowest BCUT2D eigenvalue weighted by atomic mass is 9.87. The van der Waals surface area contributed by atoms with E-state index >= 15 is 0 Å². The molecule has 41 heavy (non-hydrogen) atoms. The van der Waals surface area contributed by atoms with Gasteiger partial charge >= 0.3 is 6.09 Å². The van der Waals surface area contributed by atoms with Crippen LogP contribution in [0, 0.1) is 17.2 Å². The molecule has 3 unspecified atom stereocenters. The van der Waals surface area contributed by atoms with Crippen molar-refractivity contribution in [2.45, 2.75) is 93.6 Å². The minimum absolute atomic E-state index is 0.0567. The Hall–Kier alpha value is -2.75. The van der Waals surface area contributed by atoms with E-state index in [0.29, 0.717) is 41.3 Å². The third kappa shape index (κ3) is 5.10. The van der Waals surface area contributed by atoms with Crippen LogP contribution < -0.4 is 4.72 Å². The van der Waals surface area contributed by atoms with Gasteiger partial charge in [-0.3, -0.25) is 9.12 Å². The second-order valence-electron chi connectivity index (χ2n) is 13.0. The number of amides is 1. The zero-order valence-electron chi connectivity index (χ0n) is 24.2. The number of fused-ring (bicyclic) bond motifs is 2. The molecule has 1 aliphatic heterocycles. The highest BCUT2D eigenvalue weighted by atomic mass is 32.2. The van der Waals surface area contributed by atoms with Gasteiger partial charge in [0, 0.05) is 29.6 Å². The molecule has 3 fully saturated rings. The summed E-state index contributed by atoms with van der Waals surface area (Å²) in [5, 5.41) is 19.9. The number of halogens is 1. The number of hydrogen-bond acceptors (Lipinski definition) is 9. The molecule has 1 amide bonds. The molecular weight excluding hydrogens is 561 g/mol. The van der Waals surface area contributed by atoms with Gasteiger partial charge in [-0.05, 0) is 89.3 Å². The Labute approximate surface area is 248 Å². The highest BCUT2D eigenvalue weighted by Crippen LogP contribution is 2.60. The van der Waals surface area contributed by atoms with Crippen molar-refractivity contribution in [3.63, 3.8) is 0 Å². The van der Waals surface area contributed by atoms with E-state index < -0.39 is 16.6 Å². The Morgan fingerprint density at radius 2 is 2.10 bits per heavy atom. The quantitative estimate of drug-likeness (QED) is 0.313. The molecule has 3 aromatic heterocycles. The number of ether oxygens (including phenoxy) is 1. The van der Waals surface area contributed by atoms with E-state index in [4.69, 9.17) is 9.72 Å². The lowest BCUT2D eigenvalue weighted by Crippen LogP contribution is -2.43. The maximum absolute atomic E-state index is 13.7. The van der Waals surface area contributed by atoms with Crippen LogP contribution in [0.25, 0.3) is 16.3 Å². The Balaban J connectivity index is 1.35. The fraction of sp³-hybridized carbons (Fsp3) is 0.621. The number of likely N-dealkylation sites (tertiary alicyclic amines) is 1. The lowest BCUT2D eigenvalue weighted by molar-refractivity contribution is 0.0199. The SMILES string of the molecule is CCC(C)(C#N)c1nnc(-c2ncc3c(C45CCN(C(=O)OC(C)(C)C)CC4C5)cc(SNC4(CF)CC4)cn23)s1. The van der Waals surface area contributed by atoms with Gasteiger partial charge in [0.1, 0.15) is 22.7 Å². The first-order valence-corrected chi connectivity index (χ1v) is 15.8. The van der Waals surface area contributed by atoms with Crippen LogP contribution in [0.1, 0.15) is 77.3 Å². The molecule has 6 rings (SSSR count). The average molecular weight is 598 g/mol. The molecule has 9 nitrogen and oxygen atoms in total. The molecule has 12 heteroatoms. The Morgan fingerprint density at radius 1 is 1.32 bits per heavy atom. The van der Waals surface area contributed by atoms with Crippen molar-refractivity contribution < 1.29 is 13.9 Å². The van der Waals surface area contributed by atoms with Crippen molar-refractivity contribution in [3.8, 4) is 16.9 Å². The highest BCUT2D eigenvalue weighted by Gasteiger charge is 2.59. The lowest BCUT2D eigenvalue weighted by Gasteiger charge is -2.33. The molecule has 3 aliphatic rings. The van der Waals surface area contributed by atoms with E-state index in [1.165, 1.54) is 28.8 Å². The molecule has 0 radical (unpaired) electrons. The van der Waals surface area contributed by atoms with Gasteiger partial charge in [-0.15, -0.1) is 10.2 Å². The molecule has 2 aliphatic carbocycles. The number of nitriles is 1. The molecule has 3 atom stereocenters. The van der Waals surface area contributed by atoms with Gasteiger partial charge in [-0.1, -0.05) is 18.3 Å². The third-order valence-electron chi connectivity index (χ3n) is 8.84. The summed E-state index contributed by atoms with van der Waals surface area (Å²) in [4.78, 5) is 20.4. The minimum Gasteiger partial charge on any atom is -0.444 e. The van der Waals surface area contributed by atoms with Crippen LogP contribution in [-0.2, 0) is 15.6 Å². The largest absolute Gasteiger partial charge is 0.444 e. The zero-order valence-corrected chi connectivity index (χ0v) is 25.8. The van der Waals surface area contributed by atoms with E-state index in [2.05, 4.69) is 31.5 Å².